The van der Waals surface area contributed by atoms with Crippen LogP contribution in [-0.4, -0.2) is 9.97 Å². The van der Waals surface area contributed by atoms with Gasteiger partial charge in [-0.2, -0.15) is 0 Å². The number of nitrogens with zero attached hydrogens (tertiary/aromatic N) is 2. The summed E-state index contributed by atoms with van der Waals surface area (Å²) >= 11 is 1.87. The van der Waals surface area contributed by atoms with Crippen LogP contribution in [-0.2, 0) is 0 Å². The van der Waals surface area contributed by atoms with Gasteiger partial charge in [-0.05, 0) is 93.2 Å². The van der Waals surface area contributed by atoms with Gasteiger partial charge < -0.3 is 4.42 Å². The van der Waals surface area contributed by atoms with Gasteiger partial charge in [0, 0.05) is 53.2 Å². The van der Waals surface area contributed by atoms with Crippen LogP contribution < -0.4 is 0 Å². The number of hydrogen-bond donors (Lipinski definition) is 0. The second-order valence-electron chi connectivity index (χ2n) is 15.3. The molecule has 12 rings (SSSR count). The molecule has 0 radical (unpaired) electrons. The van der Waals surface area contributed by atoms with Crippen LogP contribution in [0.4, 0.5) is 0 Å². The molecule has 0 aliphatic rings. The number of rotatable bonds is 6. The average molecular weight is 783 g/mol. The lowest BCUT2D eigenvalue weighted by Crippen LogP contribution is -1.96. The van der Waals surface area contributed by atoms with E-state index in [4.69, 9.17) is 14.4 Å². The first-order chi connectivity index (χ1) is 29.7. The first-order valence-electron chi connectivity index (χ1n) is 20.2. The lowest BCUT2D eigenvalue weighted by atomic mass is 9.91. The molecule has 0 aliphatic heterocycles. The van der Waals surface area contributed by atoms with Crippen molar-refractivity contribution in [3.63, 3.8) is 0 Å². The summed E-state index contributed by atoms with van der Waals surface area (Å²) in [7, 11) is 0. The van der Waals surface area contributed by atoms with Crippen molar-refractivity contribution < 1.29 is 4.42 Å². The van der Waals surface area contributed by atoms with Crippen molar-refractivity contribution >= 4 is 64.2 Å². The molecular weight excluding hydrogens is 749 g/mol. The quantitative estimate of drug-likeness (QED) is 0.169. The van der Waals surface area contributed by atoms with Crippen molar-refractivity contribution in [3.05, 3.63) is 206 Å². The lowest BCUT2D eigenvalue weighted by molar-refractivity contribution is 0.669. The second-order valence-corrected chi connectivity index (χ2v) is 16.4. The topological polar surface area (TPSA) is 38.9 Å². The van der Waals surface area contributed by atoms with Crippen LogP contribution >= 0.6 is 11.3 Å². The molecular formula is C56H34N2OS. The van der Waals surface area contributed by atoms with Gasteiger partial charge in [0.2, 0.25) is 0 Å². The first kappa shape index (κ1) is 34.4. The van der Waals surface area contributed by atoms with Crippen molar-refractivity contribution in [1.29, 1.82) is 0 Å². The summed E-state index contributed by atoms with van der Waals surface area (Å²) in [4.78, 5) is 10.5. The highest BCUT2D eigenvalue weighted by molar-refractivity contribution is 7.26. The van der Waals surface area contributed by atoms with Gasteiger partial charge in [0.15, 0.2) is 5.82 Å². The van der Waals surface area contributed by atoms with Gasteiger partial charge in [-0.1, -0.05) is 152 Å². The molecule has 0 unspecified atom stereocenters. The minimum atomic E-state index is 0.686. The highest BCUT2D eigenvalue weighted by Gasteiger charge is 2.19. The summed E-state index contributed by atoms with van der Waals surface area (Å²) in [5, 5.41) is 7.29. The van der Waals surface area contributed by atoms with E-state index in [1.165, 1.54) is 47.6 Å². The summed E-state index contributed by atoms with van der Waals surface area (Å²) in [6, 6.07) is 73.4. The normalized spacial score (nSPS) is 11.7. The molecule has 9 aromatic carbocycles. The summed E-state index contributed by atoms with van der Waals surface area (Å²) in [5.74, 6) is 0.686. The molecule has 280 valence electrons. The van der Waals surface area contributed by atoms with Crippen LogP contribution in [0, 0.1) is 0 Å². The van der Waals surface area contributed by atoms with Crippen molar-refractivity contribution in [2.75, 3.05) is 0 Å². The third-order valence-electron chi connectivity index (χ3n) is 11.7. The van der Waals surface area contributed by atoms with E-state index in [1.807, 2.05) is 41.7 Å². The zero-order valence-electron chi connectivity index (χ0n) is 32.3. The van der Waals surface area contributed by atoms with Gasteiger partial charge in [0.05, 0.1) is 11.4 Å². The molecule has 0 aliphatic carbocycles. The van der Waals surface area contributed by atoms with E-state index in [2.05, 4.69) is 176 Å². The Morgan fingerprint density at radius 3 is 1.75 bits per heavy atom. The van der Waals surface area contributed by atoms with E-state index < -0.39 is 0 Å². The molecule has 0 spiro atoms. The van der Waals surface area contributed by atoms with Gasteiger partial charge in [-0.25, -0.2) is 9.97 Å². The minimum absolute atomic E-state index is 0.686. The van der Waals surface area contributed by atoms with Crippen molar-refractivity contribution in [1.82, 2.24) is 9.97 Å². The predicted octanol–water partition coefficient (Wildman–Crippen LogP) is 15.9. The fourth-order valence-corrected chi connectivity index (χ4v) is 9.97. The average Bonchev–Trinajstić information content (AvgIpc) is 3.91. The maximum Gasteiger partial charge on any atom is 0.160 e. The molecule has 3 aromatic heterocycles. The molecule has 0 fully saturated rings. The molecule has 0 amide bonds. The number of fused-ring (bicyclic) bond motifs is 8. The molecule has 60 heavy (non-hydrogen) atoms. The van der Waals surface area contributed by atoms with Crippen LogP contribution in [0.3, 0.4) is 0 Å². The zero-order chi connectivity index (χ0) is 39.6. The Morgan fingerprint density at radius 1 is 0.350 bits per heavy atom. The maximum absolute atomic E-state index is 6.27. The Labute approximate surface area is 350 Å². The molecule has 3 nitrogen and oxygen atoms in total. The zero-order valence-corrected chi connectivity index (χ0v) is 33.2. The van der Waals surface area contributed by atoms with Crippen LogP contribution in [0.25, 0.3) is 120 Å². The van der Waals surface area contributed by atoms with Crippen molar-refractivity contribution in [2.24, 2.45) is 0 Å². The number of furan rings is 1. The molecule has 4 heteroatoms. The summed E-state index contributed by atoms with van der Waals surface area (Å²) in [5.41, 5.74) is 13.4. The van der Waals surface area contributed by atoms with E-state index in [0.29, 0.717) is 5.82 Å². The Hall–Kier alpha value is -7.66. The second kappa shape index (κ2) is 14.0. The maximum atomic E-state index is 6.27. The van der Waals surface area contributed by atoms with Gasteiger partial charge >= 0.3 is 0 Å². The molecule has 0 N–H and O–H groups in total. The third-order valence-corrected chi connectivity index (χ3v) is 12.9. The number of hydrogen-bond acceptors (Lipinski definition) is 4. The predicted molar refractivity (Wildman–Crippen MR) is 252 cm³/mol. The summed E-state index contributed by atoms with van der Waals surface area (Å²) in [6.07, 6.45) is 0. The van der Waals surface area contributed by atoms with E-state index in [0.717, 1.165) is 66.7 Å². The SMILES string of the molecule is c1ccc(-c2ccc(-c3cc(-c4cc(-c5ccc6oc7ccccc7c6c5)cc(-c5cc6ccccc6c6c5sc5ccccc56)c4)nc(-c4ccccc4)n3)cc2)cc1. The lowest BCUT2D eigenvalue weighted by Gasteiger charge is -2.15. The van der Waals surface area contributed by atoms with E-state index >= 15 is 0 Å². The van der Waals surface area contributed by atoms with Crippen molar-refractivity contribution in [3.8, 4) is 67.3 Å². The fraction of sp³-hybridized carbons (Fsp3) is 0. The van der Waals surface area contributed by atoms with Crippen LogP contribution in [0.5, 0.6) is 0 Å². The smallest absolute Gasteiger partial charge is 0.160 e. The highest BCUT2D eigenvalue weighted by atomic mass is 32.1. The third kappa shape index (κ3) is 5.88. The Morgan fingerprint density at radius 2 is 0.933 bits per heavy atom. The Bertz CT molecular complexity index is 3590. The minimum Gasteiger partial charge on any atom is -0.456 e. The molecule has 0 saturated heterocycles. The van der Waals surface area contributed by atoms with Gasteiger partial charge in [-0.3, -0.25) is 0 Å². The molecule has 12 aromatic rings. The summed E-state index contributed by atoms with van der Waals surface area (Å²) < 4.78 is 8.84. The molecule has 0 bridgehead atoms. The van der Waals surface area contributed by atoms with Gasteiger partial charge in [0.1, 0.15) is 11.2 Å². The van der Waals surface area contributed by atoms with E-state index in [1.54, 1.807) is 0 Å². The fourth-order valence-electron chi connectivity index (χ4n) is 8.72. The standard InChI is InChI=1S/C56H34N2OS/c1-3-13-35(14-4-1)36-23-25-37(26-24-36)49-34-50(58-56(57-49)38-15-5-2-6-16-38)43-30-41(39-27-28-52-48(32-39)45-19-9-11-21-51(45)59-52)29-42(31-43)47-33-40-17-7-8-18-44(40)54-46-20-10-12-22-53(46)60-55(47)54/h1-34H. The Balaban J connectivity index is 1.11. The number of aromatic nitrogens is 2. The molecule has 0 saturated carbocycles. The van der Waals surface area contributed by atoms with Crippen LogP contribution in [0.2, 0.25) is 0 Å². The molecule has 0 atom stereocenters. The largest absolute Gasteiger partial charge is 0.456 e. The van der Waals surface area contributed by atoms with Crippen LogP contribution in [0.1, 0.15) is 0 Å². The monoisotopic (exact) mass is 782 g/mol. The highest BCUT2D eigenvalue weighted by Crippen LogP contribution is 2.46. The number of para-hydroxylation sites is 1. The van der Waals surface area contributed by atoms with E-state index in [9.17, 15) is 0 Å². The summed E-state index contributed by atoms with van der Waals surface area (Å²) in [6.45, 7) is 0. The van der Waals surface area contributed by atoms with Gasteiger partial charge in [0.25, 0.3) is 0 Å². The van der Waals surface area contributed by atoms with Gasteiger partial charge in [-0.15, -0.1) is 11.3 Å². The number of benzene rings is 9. The van der Waals surface area contributed by atoms with Crippen molar-refractivity contribution in [2.45, 2.75) is 0 Å². The Kier molecular flexibility index (Phi) is 8.03. The first-order valence-corrected chi connectivity index (χ1v) is 21.0. The van der Waals surface area contributed by atoms with E-state index in [-0.39, 0.29) is 0 Å². The molecule has 3 heterocycles. The van der Waals surface area contributed by atoms with Crippen LogP contribution in [0.15, 0.2) is 211 Å². The number of thiophene rings is 1.